The Hall–Kier alpha value is -3.35. The standard InChI is InChI=1S/C29H33N3O3/c33-29(24-8-4-9-27(20-24)35-22-28-10-5-19-34-28)30-25-11-13-26(14-12-25)32-17-15-31(16-18-32)21-23-6-2-1-3-7-23/h1-4,6-9,11-14,20,28H,5,10,15-19,21-22H2,(H,30,33). The van der Waals surface area contributed by atoms with Crippen LogP contribution in [0.3, 0.4) is 0 Å². The van der Waals surface area contributed by atoms with Crippen molar-refractivity contribution in [3.05, 3.63) is 90.0 Å². The highest BCUT2D eigenvalue weighted by atomic mass is 16.5. The quantitative estimate of drug-likeness (QED) is 0.511. The summed E-state index contributed by atoms with van der Waals surface area (Å²) in [5.74, 6) is 0.546. The first kappa shape index (κ1) is 23.4. The number of benzene rings is 3. The normalized spacial score (nSPS) is 18.4. The zero-order chi connectivity index (χ0) is 23.9. The Morgan fingerprint density at radius 1 is 0.943 bits per heavy atom. The first-order valence-corrected chi connectivity index (χ1v) is 12.5. The van der Waals surface area contributed by atoms with Gasteiger partial charge in [0.15, 0.2) is 0 Å². The summed E-state index contributed by atoms with van der Waals surface area (Å²) in [4.78, 5) is 17.7. The molecule has 35 heavy (non-hydrogen) atoms. The number of hydrogen-bond acceptors (Lipinski definition) is 5. The Morgan fingerprint density at radius 2 is 1.74 bits per heavy atom. The van der Waals surface area contributed by atoms with Crippen molar-refractivity contribution in [1.29, 1.82) is 0 Å². The van der Waals surface area contributed by atoms with Crippen LogP contribution in [0.2, 0.25) is 0 Å². The van der Waals surface area contributed by atoms with Crippen molar-refractivity contribution in [2.45, 2.75) is 25.5 Å². The molecule has 6 nitrogen and oxygen atoms in total. The zero-order valence-electron chi connectivity index (χ0n) is 20.1. The van der Waals surface area contributed by atoms with E-state index in [1.165, 1.54) is 11.3 Å². The third-order valence-corrected chi connectivity index (χ3v) is 6.67. The zero-order valence-corrected chi connectivity index (χ0v) is 20.1. The van der Waals surface area contributed by atoms with E-state index in [1.807, 2.05) is 24.3 Å². The average Bonchev–Trinajstić information content (AvgIpc) is 3.43. The Labute approximate surface area is 207 Å². The van der Waals surface area contributed by atoms with Gasteiger partial charge in [-0.3, -0.25) is 9.69 Å². The molecule has 2 heterocycles. The number of nitrogens with zero attached hydrogens (tertiary/aromatic N) is 2. The van der Waals surface area contributed by atoms with Crippen LogP contribution >= 0.6 is 0 Å². The van der Waals surface area contributed by atoms with Crippen LogP contribution < -0.4 is 15.0 Å². The third kappa shape index (κ3) is 6.41. The molecular formula is C29H33N3O3. The van der Waals surface area contributed by atoms with Crippen molar-refractivity contribution in [3.8, 4) is 5.75 Å². The molecule has 2 saturated heterocycles. The lowest BCUT2D eigenvalue weighted by Gasteiger charge is -2.36. The lowest BCUT2D eigenvalue weighted by Crippen LogP contribution is -2.45. The predicted octanol–water partition coefficient (Wildman–Crippen LogP) is 4.82. The predicted molar refractivity (Wildman–Crippen MR) is 139 cm³/mol. The molecule has 1 atom stereocenters. The van der Waals surface area contributed by atoms with Crippen LogP contribution in [0.5, 0.6) is 5.75 Å². The van der Waals surface area contributed by atoms with Crippen LogP contribution in [0.15, 0.2) is 78.9 Å². The van der Waals surface area contributed by atoms with E-state index in [0.717, 1.165) is 57.9 Å². The monoisotopic (exact) mass is 471 g/mol. The van der Waals surface area contributed by atoms with Crippen molar-refractivity contribution < 1.29 is 14.3 Å². The molecule has 5 rings (SSSR count). The third-order valence-electron chi connectivity index (χ3n) is 6.67. The molecule has 0 aliphatic carbocycles. The molecule has 0 saturated carbocycles. The second-order valence-corrected chi connectivity index (χ2v) is 9.22. The van der Waals surface area contributed by atoms with Gasteiger partial charge in [0.25, 0.3) is 5.91 Å². The molecule has 0 spiro atoms. The van der Waals surface area contributed by atoms with Gasteiger partial charge in [-0.1, -0.05) is 36.4 Å². The van der Waals surface area contributed by atoms with Crippen LogP contribution in [0, 0.1) is 0 Å². The molecule has 1 amide bonds. The van der Waals surface area contributed by atoms with Crippen LogP contribution in [-0.2, 0) is 11.3 Å². The van der Waals surface area contributed by atoms with Crippen LogP contribution in [0.1, 0.15) is 28.8 Å². The van der Waals surface area contributed by atoms with Gasteiger partial charge in [-0.05, 0) is 60.9 Å². The first-order chi connectivity index (χ1) is 17.2. The summed E-state index contributed by atoms with van der Waals surface area (Å²) in [5.41, 5.74) is 3.91. The fraction of sp³-hybridized carbons (Fsp3) is 0.345. The van der Waals surface area contributed by atoms with Crippen molar-refractivity contribution in [3.63, 3.8) is 0 Å². The maximum Gasteiger partial charge on any atom is 0.255 e. The molecule has 0 aromatic heterocycles. The lowest BCUT2D eigenvalue weighted by atomic mass is 10.1. The topological polar surface area (TPSA) is 54.0 Å². The number of ether oxygens (including phenoxy) is 2. The van der Waals surface area contributed by atoms with E-state index in [4.69, 9.17) is 9.47 Å². The number of carbonyl (C=O) groups is 1. The number of carbonyl (C=O) groups excluding carboxylic acids is 1. The number of hydrogen-bond donors (Lipinski definition) is 1. The molecule has 0 radical (unpaired) electrons. The minimum atomic E-state index is -0.144. The van der Waals surface area contributed by atoms with Crippen LogP contribution in [0.25, 0.3) is 0 Å². The van der Waals surface area contributed by atoms with E-state index >= 15 is 0 Å². The van der Waals surface area contributed by atoms with Crippen molar-refractivity contribution in [2.24, 2.45) is 0 Å². The van der Waals surface area contributed by atoms with Crippen LogP contribution in [-0.4, -0.2) is 56.3 Å². The van der Waals surface area contributed by atoms with Gasteiger partial charge in [0, 0.05) is 56.3 Å². The highest BCUT2D eigenvalue weighted by molar-refractivity contribution is 6.04. The summed E-state index contributed by atoms with van der Waals surface area (Å²) in [6.07, 6.45) is 2.26. The molecule has 0 bridgehead atoms. The second-order valence-electron chi connectivity index (χ2n) is 9.22. The van der Waals surface area contributed by atoms with Gasteiger partial charge >= 0.3 is 0 Å². The SMILES string of the molecule is O=C(Nc1ccc(N2CCN(Cc3ccccc3)CC2)cc1)c1cccc(OCC2CCCO2)c1. The fourth-order valence-corrected chi connectivity index (χ4v) is 4.66. The minimum absolute atomic E-state index is 0.144. The van der Waals surface area contributed by atoms with Crippen molar-refractivity contribution in [2.75, 3.05) is 49.6 Å². The number of piperazine rings is 1. The van der Waals surface area contributed by atoms with E-state index in [-0.39, 0.29) is 12.0 Å². The number of rotatable bonds is 8. The molecule has 2 aliphatic rings. The van der Waals surface area contributed by atoms with Crippen molar-refractivity contribution >= 4 is 17.3 Å². The molecule has 3 aromatic rings. The minimum Gasteiger partial charge on any atom is -0.491 e. The number of amides is 1. The Balaban J connectivity index is 1.11. The molecule has 6 heteroatoms. The molecule has 2 fully saturated rings. The van der Waals surface area contributed by atoms with E-state index < -0.39 is 0 Å². The van der Waals surface area contributed by atoms with Gasteiger partial charge in [0.1, 0.15) is 12.4 Å². The maximum absolute atomic E-state index is 12.8. The van der Waals surface area contributed by atoms with E-state index in [9.17, 15) is 4.79 Å². The maximum atomic E-state index is 12.8. The Bertz CT molecular complexity index is 1090. The van der Waals surface area contributed by atoms with Gasteiger partial charge in [0.2, 0.25) is 0 Å². The summed E-state index contributed by atoms with van der Waals surface area (Å²) in [7, 11) is 0. The molecular weight excluding hydrogens is 438 g/mol. The van der Waals surface area contributed by atoms with Gasteiger partial charge in [-0.15, -0.1) is 0 Å². The molecule has 2 aliphatic heterocycles. The van der Waals surface area contributed by atoms with E-state index in [0.29, 0.717) is 17.9 Å². The van der Waals surface area contributed by atoms with Crippen LogP contribution in [0.4, 0.5) is 11.4 Å². The first-order valence-electron chi connectivity index (χ1n) is 12.5. The Kier molecular flexibility index (Phi) is 7.61. The van der Waals surface area contributed by atoms with E-state index in [2.05, 4.69) is 57.6 Å². The fourth-order valence-electron chi connectivity index (χ4n) is 4.66. The second kappa shape index (κ2) is 11.4. The molecule has 3 aromatic carbocycles. The van der Waals surface area contributed by atoms with E-state index in [1.54, 1.807) is 12.1 Å². The summed E-state index contributed by atoms with van der Waals surface area (Å²) >= 11 is 0. The number of nitrogens with one attached hydrogen (secondary N) is 1. The van der Waals surface area contributed by atoms with Gasteiger partial charge in [0.05, 0.1) is 6.10 Å². The number of anilines is 2. The summed E-state index contributed by atoms with van der Waals surface area (Å²) in [6, 6.07) is 26.1. The molecule has 182 valence electrons. The lowest BCUT2D eigenvalue weighted by molar-refractivity contribution is 0.0679. The van der Waals surface area contributed by atoms with Gasteiger partial charge < -0.3 is 19.7 Å². The van der Waals surface area contributed by atoms with Crippen molar-refractivity contribution in [1.82, 2.24) is 4.90 Å². The molecule has 1 N–H and O–H groups in total. The van der Waals surface area contributed by atoms with Gasteiger partial charge in [-0.2, -0.15) is 0 Å². The highest BCUT2D eigenvalue weighted by Crippen LogP contribution is 2.22. The summed E-state index contributed by atoms with van der Waals surface area (Å²) < 4.78 is 11.4. The Morgan fingerprint density at radius 3 is 2.49 bits per heavy atom. The molecule has 1 unspecified atom stereocenters. The summed E-state index contributed by atoms with van der Waals surface area (Å²) in [6.45, 7) is 6.40. The largest absolute Gasteiger partial charge is 0.491 e. The summed E-state index contributed by atoms with van der Waals surface area (Å²) in [5, 5.41) is 3.00. The highest BCUT2D eigenvalue weighted by Gasteiger charge is 2.18. The smallest absolute Gasteiger partial charge is 0.255 e. The average molecular weight is 472 g/mol. The van der Waals surface area contributed by atoms with Gasteiger partial charge in [-0.25, -0.2) is 0 Å².